The minimum Gasteiger partial charge on any atom is -0.385 e. The minimum absolute atomic E-state index is 0.350. The van der Waals surface area contributed by atoms with Gasteiger partial charge in [-0.3, -0.25) is 0 Å². The largest absolute Gasteiger partial charge is 0.385 e. The molecule has 0 aromatic carbocycles. The lowest BCUT2D eigenvalue weighted by Gasteiger charge is -2.08. The molecule has 0 saturated carbocycles. The zero-order valence-electron chi connectivity index (χ0n) is 11.7. The van der Waals surface area contributed by atoms with Crippen LogP contribution < -0.4 is 5.32 Å². The fourth-order valence-electron chi connectivity index (χ4n) is 1.35. The molecule has 1 N–H and O–H groups in total. The second-order valence-corrected chi connectivity index (χ2v) is 4.34. The lowest BCUT2D eigenvalue weighted by molar-refractivity contribution is 0.0758. The van der Waals surface area contributed by atoms with Crippen LogP contribution in [0, 0.1) is 0 Å². The molecule has 0 spiro atoms. The second-order valence-electron chi connectivity index (χ2n) is 4.34. The maximum Gasteiger partial charge on any atom is 0.0590 e. The fourth-order valence-corrected chi connectivity index (χ4v) is 1.35. The van der Waals surface area contributed by atoms with Crippen LogP contribution in [0.3, 0.4) is 0 Å². The van der Waals surface area contributed by atoms with Gasteiger partial charge >= 0.3 is 0 Å². The summed E-state index contributed by atoms with van der Waals surface area (Å²) in [6.07, 6.45) is 3.61. The van der Waals surface area contributed by atoms with Crippen molar-refractivity contribution in [2.24, 2.45) is 0 Å². The molecule has 17 heavy (non-hydrogen) atoms. The number of ether oxygens (including phenoxy) is 3. The van der Waals surface area contributed by atoms with Gasteiger partial charge in [-0.25, -0.2) is 0 Å². The third-order valence-electron chi connectivity index (χ3n) is 2.26. The highest BCUT2D eigenvalue weighted by Crippen LogP contribution is 1.93. The summed E-state index contributed by atoms with van der Waals surface area (Å²) in [6, 6.07) is 0. The Hall–Kier alpha value is -0.160. The second kappa shape index (κ2) is 13.9. The first kappa shape index (κ1) is 16.8. The molecule has 0 aliphatic rings. The summed E-state index contributed by atoms with van der Waals surface area (Å²) in [5.74, 6) is 0. The van der Waals surface area contributed by atoms with Crippen molar-refractivity contribution >= 4 is 0 Å². The van der Waals surface area contributed by atoms with Crippen molar-refractivity contribution in [2.75, 3.05) is 46.6 Å². The van der Waals surface area contributed by atoms with Gasteiger partial charge in [0.15, 0.2) is 0 Å². The maximum atomic E-state index is 5.46. The molecule has 0 aliphatic heterocycles. The van der Waals surface area contributed by atoms with E-state index in [0.717, 1.165) is 58.8 Å². The van der Waals surface area contributed by atoms with Crippen molar-refractivity contribution in [2.45, 2.75) is 39.2 Å². The summed E-state index contributed by atoms with van der Waals surface area (Å²) in [6.45, 7) is 9.33. The highest BCUT2D eigenvalue weighted by atomic mass is 16.5. The van der Waals surface area contributed by atoms with E-state index in [9.17, 15) is 0 Å². The van der Waals surface area contributed by atoms with E-state index in [1.807, 2.05) is 0 Å². The SMILES string of the molecule is COCCCOCCNCCCCOC(C)C. The lowest BCUT2D eigenvalue weighted by Crippen LogP contribution is -2.21. The zero-order valence-corrected chi connectivity index (χ0v) is 11.7. The van der Waals surface area contributed by atoms with Crippen molar-refractivity contribution in [3.05, 3.63) is 0 Å². The molecule has 0 aromatic rings. The highest BCUT2D eigenvalue weighted by molar-refractivity contribution is 4.48. The summed E-state index contributed by atoms with van der Waals surface area (Å²) < 4.78 is 15.8. The van der Waals surface area contributed by atoms with Gasteiger partial charge in [-0.2, -0.15) is 0 Å². The third kappa shape index (κ3) is 15.8. The Labute approximate surface area is 106 Å². The number of hydrogen-bond donors (Lipinski definition) is 1. The summed E-state index contributed by atoms with van der Waals surface area (Å²) >= 11 is 0. The van der Waals surface area contributed by atoms with Gasteiger partial charge in [0, 0.05) is 33.5 Å². The topological polar surface area (TPSA) is 39.7 Å². The number of rotatable bonds is 13. The van der Waals surface area contributed by atoms with Gasteiger partial charge in [-0.05, 0) is 39.7 Å². The summed E-state index contributed by atoms with van der Waals surface area (Å²) in [7, 11) is 1.71. The minimum atomic E-state index is 0.350. The standard InChI is InChI=1S/C13H29NO3/c1-13(2)17-11-5-4-7-14-8-12-16-10-6-9-15-3/h13-14H,4-12H2,1-3H3. The van der Waals surface area contributed by atoms with Gasteiger partial charge in [-0.1, -0.05) is 0 Å². The Morgan fingerprint density at radius 3 is 2.41 bits per heavy atom. The van der Waals surface area contributed by atoms with Crippen molar-refractivity contribution in [1.29, 1.82) is 0 Å². The Morgan fingerprint density at radius 2 is 1.71 bits per heavy atom. The van der Waals surface area contributed by atoms with Crippen LogP contribution in [0.1, 0.15) is 33.1 Å². The first-order valence-electron chi connectivity index (χ1n) is 6.66. The molecule has 0 bridgehead atoms. The highest BCUT2D eigenvalue weighted by Gasteiger charge is 1.93. The Bertz CT molecular complexity index is 143. The number of nitrogens with one attached hydrogen (secondary N) is 1. The van der Waals surface area contributed by atoms with Crippen LogP contribution in [0.25, 0.3) is 0 Å². The van der Waals surface area contributed by atoms with Gasteiger partial charge in [-0.15, -0.1) is 0 Å². The molecule has 0 heterocycles. The third-order valence-corrected chi connectivity index (χ3v) is 2.26. The maximum absolute atomic E-state index is 5.46. The number of methoxy groups -OCH3 is 1. The van der Waals surface area contributed by atoms with Crippen LogP contribution in [0.5, 0.6) is 0 Å². The molecular weight excluding hydrogens is 218 g/mol. The molecule has 0 rings (SSSR count). The normalized spacial score (nSPS) is 11.3. The predicted molar refractivity (Wildman–Crippen MR) is 70.5 cm³/mol. The molecular formula is C13H29NO3. The number of unbranched alkanes of at least 4 members (excludes halogenated alkanes) is 1. The van der Waals surface area contributed by atoms with Gasteiger partial charge < -0.3 is 19.5 Å². The molecule has 0 unspecified atom stereocenters. The average molecular weight is 247 g/mol. The van der Waals surface area contributed by atoms with Crippen molar-refractivity contribution in [3.63, 3.8) is 0 Å². The average Bonchev–Trinajstić information content (AvgIpc) is 2.30. The van der Waals surface area contributed by atoms with Gasteiger partial charge in [0.2, 0.25) is 0 Å². The van der Waals surface area contributed by atoms with Crippen LogP contribution in [-0.2, 0) is 14.2 Å². The van der Waals surface area contributed by atoms with E-state index in [1.54, 1.807) is 7.11 Å². The Balaban J connectivity index is 2.89. The molecule has 0 fully saturated rings. The smallest absolute Gasteiger partial charge is 0.0590 e. The molecule has 4 nitrogen and oxygen atoms in total. The van der Waals surface area contributed by atoms with E-state index in [2.05, 4.69) is 19.2 Å². The first-order chi connectivity index (χ1) is 8.27. The van der Waals surface area contributed by atoms with Gasteiger partial charge in [0.25, 0.3) is 0 Å². The Kier molecular flexibility index (Phi) is 13.8. The molecule has 0 aromatic heterocycles. The van der Waals surface area contributed by atoms with E-state index in [0.29, 0.717) is 6.10 Å². The van der Waals surface area contributed by atoms with E-state index < -0.39 is 0 Å². The van der Waals surface area contributed by atoms with E-state index in [-0.39, 0.29) is 0 Å². The summed E-state index contributed by atoms with van der Waals surface area (Å²) in [5.41, 5.74) is 0. The predicted octanol–water partition coefficient (Wildman–Crippen LogP) is 1.83. The molecule has 0 amide bonds. The van der Waals surface area contributed by atoms with Crippen molar-refractivity contribution in [1.82, 2.24) is 5.32 Å². The Morgan fingerprint density at radius 1 is 0.882 bits per heavy atom. The molecule has 0 atom stereocenters. The molecule has 0 saturated heterocycles. The van der Waals surface area contributed by atoms with Gasteiger partial charge in [0.1, 0.15) is 0 Å². The molecule has 0 aliphatic carbocycles. The van der Waals surface area contributed by atoms with Gasteiger partial charge in [0.05, 0.1) is 12.7 Å². The van der Waals surface area contributed by atoms with Crippen molar-refractivity contribution < 1.29 is 14.2 Å². The van der Waals surface area contributed by atoms with E-state index >= 15 is 0 Å². The van der Waals surface area contributed by atoms with Crippen LogP contribution >= 0.6 is 0 Å². The first-order valence-corrected chi connectivity index (χ1v) is 6.66. The van der Waals surface area contributed by atoms with E-state index in [1.165, 1.54) is 0 Å². The van der Waals surface area contributed by atoms with Crippen LogP contribution in [-0.4, -0.2) is 52.7 Å². The quantitative estimate of drug-likeness (QED) is 0.504. The monoisotopic (exact) mass is 247 g/mol. The van der Waals surface area contributed by atoms with E-state index in [4.69, 9.17) is 14.2 Å². The van der Waals surface area contributed by atoms with Crippen molar-refractivity contribution in [3.8, 4) is 0 Å². The summed E-state index contributed by atoms with van der Waals surface area (Å²) in [5, 5.41) is 3.35. The molecule has 104 valence electrons. The van der Waals surface area contributed by atoms with Crippen LogP contribution in [0.15, 0.2) is 0 Å². The van der Waals surface area contributed by atoms with Crippen LogP contribution in [0.2, 0.25) is 0 Å². The summed E-state index contributed by atoms with van der Waals surface area (Å²) in [4.78, 5) is 0. The number of hydrogen-bond acceptors (Lipinski definition) is 4. The molecule has 0 radical (unpaired) electrons. The lowest BCUT2D eigenvalue weighted by atomic mass is 10.3. The van der Waals surface area contributed by atoms with Crippen LogP contribution in [0.4, 0.5) is 0 Å². The fraction of sp³-hybridized carbons (Fsp3) is 1.00. The zero-order chi connectivity index (χ0) is 12.8. The molecule has 4 heteroatoms.